The molecule has 0 aliphatic carbocycles. The van der Waals surface area contributed by atoms with E-state index < -0.39 is 19.8 Å². The van der Waals surface area contributed by atoms with Crippen LogP contribution in [0.4, 0.5) is 0 Å². The van der Waals surface area contributed by atoms with Crippen molar-refractivity contribution in [2.45, 2.75) is 13.3 Å². The van der Waals surface area contributed by atoms with Crippen LogP contribution in [-0.2, 0) is 0 Å². The average molecular weight is 330 g/mol. The molecule has 0 aromatic heterocycles. The van der Waals surface area contributed by atoms with E-state index in [0.29, 0.717) is 5.92 Å². The summed E-state index contributed by atoms with van der Waals surface area (Å²) in [5.41, 5.74) is 0. The number of hydrogen-bond acceptors (Lipinski definition) is 2. The molecule has 0 bridgehead atoms. The summed E-state index contributed by atoms with van der Waals surface area (Å²) in [6.07, 6.45) is 1.05. The van der Waals surface area contributed by atoms with Gasteiger partial charge in [-0.05, 0) is 0 Å². The first kappa shape index (κ1) is 11.9. The van der Waals surface area contributed by atoms with Gasteiger partial charge in [0.2, 0.25) is 0 Å². The quantitative estimate of drug-likeness (QED) is 0.393. The van der Waals surface area contributed by atoms with Crippen molar-refractivity contribution < 1.29 is 5.11 Å². The second-order valence-electron chi connectivity index (χ2n) is 4.20. The molecule has 1 aromatic carbocycles. The van der Waals surface area contributed by atoms with E-state index in [1.165, 1.54) is 8.00 Å². The summed E-state index contributed by atoms with van der Waals surface area (Å²) in [6.45, 7) is 2.14. The second kappa shape index (κ2) is 5.17. The Morgan fingerprint density at radius 2 is 2.06 bits per heavy atom. The van der Waals surface area contributed by atoms with Gasteiger partial charge in [-0.3, -0.25) is 0 Å². The monoisotopic (exact) mass is 330 g/mol. The van der Waals surface area contributed by atoms with Gasteiger partial charge in [-0.15, -0.1) is 0 Å². The van der Waals surface area contributed by atoms with E-state index in [4.69, 9.17) is 5.41 Å². The molecule has 0 unspecified atom stereocenters. The van der Waals surface area contributed by atoms with Gasteiger partial charge in [-0.25, -0.2) is 0 Å². The molecule has 1 saturated heterocycles. The van der Waals surface area contributed by atoms with Gasteiger partial charge in [-0.1, -0.05) is 0 Å². The summed E-state index contributed by atoms with van der Waals surface area (Å²) in [4.78, 5) is 0. The molecule has 2 rings (SSSR count). The second-order valence-corrected chi connectivity index (χ2v) is 9.81. The zero-order valence-corrected chi connectivity index (χ0v) is 11.6. The van der Waals surface area contributed by atoms with Crippen LogP contribution < -0.4 is 5.11 Å². The minimum atomic E-state index is -1.15. The van der Waals surface area contributed by atoms with E-state index in [-0.39, 0.29) is 11.8 Å². The Hall–Kier alpha value is -0.580. The van der Waals surface area contributed by atoms with E-state index in [2.05, 4.69) is 31.2 Å². The van der Waals surface area contributed by atoms with Crippen LogP contribution in [0.5, 0.6) is 0 Å². The van der Waals surface area contributed by atoms with Gasteiger partial charge < -0.3 is 0 Å². The summed E-state index contributed by atoms with van der Waals surface area (Å²) < 4.78 is 3.73. The Bertz CT molecular complexity index is 365. The third-order valence-corrected chi connectivity index (χ3v) is 9.90. The molecule has 0 spiro atoms. The maximum absolute atomic E-state index is 11.3. The topological polar surface area (TPSA) is 46.9 Å². The molecule has 0 amide bonds. The first-order valence-electron chi connectivity index (χ1n) is 5.64. The standard InChI is InChI=1S/C13H18INO/c1-2-10-8-14(9-12(10)13(15)16)11-6-4-3-5-7-11/h3-7,10,12H,2,8-9H2,1H3,(H2,15,16)/p-1/t10-,12+/m1/s1. The van der Waals surface area contributed by atoms with Crippen LogP contribution in [-0.4, -0.2) is 14.8 Å². The van der Waals surface area contributed by atoms with Gasteiger partial charge in [0.1, 0.15) is 0 Å². The van der Waals surface area contributed by atoms with Crippen LogP contribution in [0.3, 0.4) is 0 Å². The van der Waals surface area contributed by atoms with E-state index in [9.17, 15) is 5.11 Å². The Morgan fingerprint density at radius 3 is 2.56 bits per heavy atom. The minimum absolute atomic E-state index is 0.0374. The number of hydrogen-bond donors (Lipinski definition) is 1. The van der Waals surface area contributed by atoms with Crippen molar-refractivity contribution in [2.24, 2.45) is 11.8 Å². The van der Waals surface area contributed by atoms with Crippen molar-refractivity contribution in [3.63, 3.8) is 0 Å². The van der Waals surface area contributed by atoms with Crippen LogP contribution >= 0.6 is 19.8 Å². The molecule has 2 atom stereocenters. The Morgan fingerprint density at radius 1 is 1.38 bits per heavy atom. The molecule has 1 aliphatic heterocycles. The fourth-order valence-electron chi connectivity index (χ4n) is 2.19. The van der Waals surface area contributed by atoms with Crippen molar-refractivity contribution >= 4 is 25.7 Å². The predicted molar refractivity (Wildman–Crippen MR) is 73.9 cm³/mol. The molecule has 0 saturated carbocycles. The van der Waals surface area contributed by atoms with E-state index >= 15 is 0 Å². The van der Waals surface area contributed by atoms with E-state index in [0.717, 1.165) is 10.8 Å². The van der Waals surface area contributed by atoms with Gasteiger partial charge >= 0.3 is 104 Å². The molecule has 1 fully saturated rings. The first-order chi connectivity index (χ1) is 7.72. The summed E-state index contributed by atoms with van der Waals surface area (Å²) in [7, 11) is 0. The van der Waals surface area contributed by atoms with Crippen molar-refractivity contribution in [3.8, 4) is 0 Å². The molecular weight excluding hydrogens is 313 g/mol. The van der Waals surface area contributed by atoms with E-state index in [1.54, 1.807) is 0 Å². The Balaban J connectivity index is 2.14. The predicted octanol–water partition coefficient (Wildman–Crippen LogP) is 2.36. The van der Waals surface area contributed by atoms with Gasteiger partial charge in [0.25, 0.3) is 0 Å². The SMILES string of the molecule is CC[C@@H]1CI(c2ccccc2)C[C@@H]1C(=N)[O-]. The molecule has 0 radical (unpaired) electrons. The van der Waals surface area contributed by atoms with Crippen LogP contribution in [0.15, 0.2) is 30.3 Å². The fraction of sp³-hybridized carbons (Fsp3) is 0.462. The number of rotatable bonds is 3. The number of nitrogens with one attached hydrogen (secondary N) is 1. The zero-order valence-electron chi connectivity index (χ0n) is 9.45. The van der Waals surface area contributed by atoms with E-state index in [1.807, 2.05) is 6.07 Å². The summed E-state index contributed by atoms with van der Waals surface area (Å²) in [5, 5.41) is 18.6. The third-order valence-electron chi connectivity index (χ3n) is 3.21. The number of halogens is 1. The molecule has 2 nitrogen and oxygen atoms in total. The van der Waals surface area contributed by atoms with Crippen LogP contribution in [0.1, 0.15) is 13.3 Å². The first-order valence-corrected chi connectivity index (χ1v) is 9.77. The molecular formula is C13H17INO-. The zero-order chi connectivity index (χ0) is 11.5. The molecule has 88 valence electrons. The van der Waals surface area contributed by atoms with Crippen LogP contribution in [0.25, 0.3) is 0 Å². The Kier molecular flexibility index (Phi) is 3.84. The van der Waals surface area contributed by atoms with Crippen molar-refractivity contribution in [3.05, 3.63) is 33.9 Å². The van der Waals surface area contributed by atoms with Gasteiger partial charge in [0.05, 0.1) is 0 Å². The number of alkyl halides is 2. The Labute approximate surface area is 104 Å². The third kappa shape index (κ3) is 2.39. The van der Waals surface area contributed by atoms with Gasteiger partial charge in [0, 0.05) is 0 Å². The average Bonchev–Trinajstić information content (AvgIpc) is 2.74. The van der Waals surface area contributed by atoms with Crippen LogP contribution in [0.2, 0.25) is 0 Å². The molecule has 1 aromatic rings. The summed E-state index contributed by atoms with van der Waals surface area (Å²) in [6, 6.07) is 10.6. The van der Waals surface area contributed by atoms with Crippen molar-refractivity contribution in [1.29, 1.82) is 5.41 Å². The molecule has 1 heterocycles. The summed E-state index contributed by atoms with van der Waals surface area (Å²) in [5.74, 6) is 0.188. The van der Waals surface area contributed by atoms with Crippen molar-refractivity contribution in [1.82, 2.24) is 0 Å². The summed E-state index contributed by atoms with van der Waals surface area (Å²) >= 11 is -1.15. The van der Waals surface area contributed by atoms with Crippen LogP contribution in [0, 0.1) is 20.8 Å². The number of benzene rings is 1. The van der Waals surface area contributed by atoms with Crippen molar-refractivity contribution in [2.75, 3.05) is 8.86 Å². The maximum atomic E-state index is 11.3. The molecule has 3 heteroatoms. The van der Waals surface area contributed by atoms with Gasteiger partial charge in [-0.2, -0.15) is 0 Å². The molecule has 1 aliphatic rings. The fourth-order valence-corrected chi connectivity index (χ4v) is 9.86. The normalized spacial score (nSPS) is 26.9. The molecule has 16 heavy (non-hydrogen) atoms. The molecule has 1 N–H and O–H groups in total. The van der Waals surface area contributed by atoms with Gasteiger partial charge in [0.15, 0.2) is 0 Å².